The minimum Gasteiger partial charge on any atom is -0.0885 e. The van der Waals surface area contributed by atoms with Crippen molar-refractivity contribution in [1.82, 2.24) is 0 Å². The third kappa shape index (κ3) is 19.7. The molecule has 0 saturated carbocycles. The Morgan fingerprint density at radius 2 is 0.955 bits per heavy atom. The molecule has 0 radical (unpaired) electrons. The number of hydrogen-bond acceptors (Lipinski definition) is 0. The SMILES string of the molecule is CCCCCCCCCC/C=C/CCCCCCCC(C)C. The van der Waals surface area contributed by atoms with Crippen molar-refractivity contribution in [2.75, 3.05) is 0 Å². The van der Waals surface area contributed by atoms with E-state index in [1.807, 2.05) is 0 Å². The van der Waals surface area contributed by atoms with Crippen molar-refractivity contribution in [2.24, 2.45) is 5.92 Å². The summed E-state index contributed by atoms with van der Waals surface area (Å²) in [6.45, 7) is 6.95. The minimum atomic E-state index is 0.888. The molecule has 0 saturated heterocycles. The lowest BCUT2D eigenvalue weighted by Crippen LogP contribution is -1.87. The predicted octanol–water partition coefficient (Wildman–Crippen LogP) is 8.46. The van der Waals surface area contributed by atoms with Gasteiger partial charge < -0.3 is 0 Å². The van der Waals surface area contributed by atoms with Gasteiger partial charge in [0, 0.05) is 0 Å². The Kier molecular flexibility index (Phi) is 18.6. The highest BCUT2D eigenvalue weighted by Gasteiger charge is 1.94. The van der Waals surface area contributed by atoms with E-state index in [0.717, 1.165) is 5.92 Å². The van der Waals surface area contributed by atoms with Crippen LogP contribution in [0.3, 0.4) is 0 Å². The Morgan fingerprint density at radius 3 is 1.41 bits per heavy atom. The van der Waals surface area contributed by atoms with E-state index in [1.165, 1.54) is 103 Å². The highest BCUT2D eigenvalue weighted by atomic mass is 14.0. The molecule has 0 spiro atoms. The number of rotatable bonds is 17. The van der Waals surface area contributed by atoms with E-state index in [9.17, 15) is 0 Å². The van der Waals surface area contributed by atoms with Gasteiger partial charge in [-0.3, -0.25) is 0 Å². The number of unbranched alkanes of at least 4 members (excludes halogenated alkanes) is 13. The van der Waals surface area contributed by atoms with Crippen molar-refractivity contribution in [1.29, 1.82) is 0 Å². The van der Waals surface area contributed by atoms with Gasteiger partial charge in [-0.1, -0.05) is 110 Å². The maximum absolute atomic E-state index is 2.43. The molecule has 0 amide bonds. The summed E-state index contributed by atoms with van der Waals surface area (Å²) >= 11 is 0. The Morgan fingerprint density at radius 1 is 0.545 bits per heavy atom. The van der Waals surface area contributed by atoms with Crippen molar-refractivity contribution in [3.8, 4) is 0 Å². The quantitative estimate of drug-likeness (QED) is 0.187. The lowest BCUT2D eigenvalue weighted by atomic mass is 10.0. The van der Waals surface area contributed by atoms with E-state index in [1.54, 1.807) is 0 Å². The molecule has 0 aliphatic rings. The Hall–Kier alpha value is -0.260. The van der Waals surface area contributed by atoms with Crippen molar-refractivity contribution in [2.45, 2.75) is 124 Å². The maximum atomic E-state index is 2.43. The van der Waals surface area contributed by atoms with Crippen LogP contribution in [-0.2, 0) is 0 Å². The summed E-state index contributed by atoms with van der Waals surface area (Å²) in [7, 11) is 0. The van der Waals surface area contributed by atoms with Gasteiger partial charge in [-0.05, 0) is 31.6 Å². The summed E-state index contributed by atoms with van der Waals surface area (Å²) in [5.74, 6) is 0.888. The van der Waals surface area contributed by atoms with E-state index in [4.69, 9.17) is 0 Å². The van der Waals surface area contributed by atoms with E-state index in [0.29, 0.717) is 0 Å². The fourth-order valence-electron chi connectivity index (χ4n) is 2.98. The lowest BCUT2D eigenvalue weighted by molar-refractivity contribution is 0.516. The summed E-state index contributed by atoms with van der Waals surface area (Å²) in [6, 6.07) is 0. The topological polar surface area (TPSA) is 0 Å². The minimum absolute atomic E-state index is 0.888. The van der Waals surface area contributed by atoms with E-state index >= 15 is 0 Å². The third-order valence-electron chi connectivity index (χ3n) is 4.54. The van der Waals surface area contributed by atoms with Crippen LogP contribution in [0.25, 0.3) is 0 Å². The van der Waals surface area contributed by atoms with Crippen LogP contribution in [0.5, 0.6) is 0 Å². The maximum Gasteiger partial charge on any atom is -0.0351 e. The molecule has 0 aliphatic heterocycles. The summed E-state index contributed by atoms with van der Waals surface area (Å²) in [4.78, 5) is 0. The first-order valence-corrected chi connectivity index (χ1v) is 10.4. The first kappa shape index (κ1) is 21.7. The van der Waals surface area contributed by atoms with Crippen molar-refractivity contribution >= 4 is 0 Å². The van der Waals surface area contributed by atoms with Crippen LogP contribution in [0.1, 0.15) is 124 Å². The second-order valence-electron chi connectivity index (χ2n) is 7.47. The van der Waals surface area contributed by atoms with Gasteiger partial charge in [-0.2, -0.15) is 0 Å². The summed E-state index contributed by atoms with van der Waals surface area (Å²) in [5, 5.41) is 0. The summed E-state index contributed by atoms with van der Waals surface area (Å²) < 4.78 is 0. The van der Waals surface area contributed by atoms with Gasteiger partial charge in [0.15, 0.2) is 0 Å². The van der Waals surface area contributed by atoms with Crippen molar-refractivity contribution in [3.05, 3.63) is 12.2 Å². The van der Waals surface area contributed by atoms with Crippen LogP contribution in [-0.4, -0.2) is 0 Å². The molecule has 0 aromatic heterocycles. The van der Waals surface area contributed by atoms with Crippen LogP contribution in [0.2, 0.25) is 0 Å². The smallest absolute Gasteiger partial charge is 0.0351 e. The molecule has 0 aromatic carbocycles. The first-order chi connectivity index (χ1) is 10.8. The van der Waals surface area contributed by atoms with E-state index in [2.05, 4.69) is 32.9 Å². The fourth-order valence-corrected chi connectivity index (χ4v) is 2.98. The molecule has 0 atom stereocenters. The average Bonchev–Trinajstić information content (AvgIpc) is 2.50. The number of allylic oxidation sites excluding steroid dienone is 2. The van der Waals surface area contributed by atoms with Gasteiger partial charge in [0.25, 0.3) is 0 Å². The fraction of sp³-hybridized carbons (Fsp3) is 0.909. The Balaban J connectivity index is 3.06. The predicted molar refractivity (Wildman–Crippen MR) is 104 cm³/mol. The molecule has 0 fully saturated rings. The molecular formula is C22H44. The Labute approximate surface area is 142 Å². The third-order valence-corrected chi connectivity index (χ3v) is 4.54. The molecule has 0 rings (SSSR count). The molecular weight excluding hydrogens is 264 g/mol. The van der Waals surface area contributed by atoms with Gasteiger partial charge in [-0.25, -0.2) is 0 Å². The highest BCUT2D eigenvalue weighted by molar-refractivity contribution is 4.81. The normalized spacial score (nSPS) is 11.8. The molecule has 0 unspecified atom stereocenters. The molecule has 0 N–H and O–H groups in total. The van der Waals surface area contributed by atoms with Crippen LogP contribution in [0.15, 0.2) is 12.2 Å². The number of hydrogen-bond donors (Lipinski definition) is 0. The second kappa shape index (κ2) is 18.8. The molecule has 0 nitrogen and oxygen atoms in total. The van der Waals surface area contributed by atoms with Crippen LogP contribution in [0.4, 0.5) is 0 Å². The van der Waals surface area contributed by atoms with Crippen LogP contribution < -0.4 is 0 Å². The molecule has 0 heterocycles. The lowest BCUT2D eigenvalue weighted by Gasteiger charge is -2.03. The zero-order valence-electron chi connectivity index (χ0n) is 16.0. The summed E-state index contributed by atoms with van der Waals surface area (Å²) in [5.41, 5.74) is 0. The first-order valence-electron chi connectivity index (χ1n) is 10.4. The zero-order valence-corrected chi connectivity index (χ0v) is 16.0. The molecule has 0 aliphatic carbocycles. The average molecular weight is 309 g/mol. The second-order valence-corrected chi connectivity index (χ2v) is 7.47. The molecule has 0 bridgehead atoms. The molecule has 0 aromatic rings. The van der Waals surface area contributed by atoms with Crippen molar-refractivity contribution < 1.29 is 0 Å². The zero-order chi connectivity index (χ0) is 16.3. The molecule has 132 valence electrons. The van der Waals surface area contributed by atoms with Gasteiger partial charge in [0.2, 0.25) is 0 Å². The van der Waals surface area contributed by atoms with Crippen molar-refractivity contribution in [3.63, 3.8) is 0 Å². The van der Waals surface area contributed by atoms with Gasteiger partial charge in [-0.15, -0.1) is 0 Å². The van der Waals surface area contributed by atoms with Crippen LogP contribution in [0, 0.1) is 5.92 Å². The molecule has 0 heteroatoms. The van der Waals surface area contributed by atoms with Crippen LogP contribution >= 0.6 is 0 Å². The standard InChI is InChI=1S/C22H44/c1-4-5-6-7-8-9-10-11-12-13-14-15-16-17-18-19-20-21-22(2)3/h13-14,22H,4-12,15-21H2,1-3H3/b14-13+. The molecule has 22 heavy (non-hydrogen) atoms. The summed E-state index contributed by atoms with van der Waals surface area (Å²) in [6.07, 6.45) is 27.5. The van der Waals surface area contributed by atoms with Gasteiger partial charge >= 0.3 is 0 Å². The van der Waals surface area contributed by atoms with Gasteiger partial charge in [0.1, 0.15) is 0 Å². The Bertz CT molecular complexity index is 214. The van der Waals surface area contributed by atoms with Gasteiger partial charge in [0.05, 0.1) is 0 Å². The van der Waals surface area contributed by atoms with E-state index in [-0.39, 0.29) is 0 Å². The monoisotopic (exact) mass is 308 g/mol. The largest absolute Gasteiger partial charge is 0.0885 e. The highest BCUT2D eigenvalue weighted by Crippen LogP contribution is 2.12. The van der Waals surface area contributed by atoms with E-state index < -0.39 is 0 Å².